The number of hydrogen-bond donors (Lipinski definition) is 1. The third kappa shape index (κ3) is 4.20. The Balaban J connectivity index is 0.00000208. The SMILES string of the molecule is CC1CN(C(=O)C2CC(F)(F)CN2)CC(c2ccc(F)cc2)O1.Cl. The molecule has 2 aliphatic rings. The molecule has 24 heavy (non-hydrogen) atoms. The molecule has 2 aliphatic heterocycles. The molecule has 0 spiro atoms. The molecule has 0 aliphatic carbocycles. The lowest BCUT2D eigenvalue weighted by atomic mass is 10.1. The number of carbonyl (C=O) groups excluding carboxylic acids is 1. The molecule has 3 rings (SSSR count). The van der Waals surface area contributed by atoms with Crippen LogP contribution in [0.1, 0.15) is 25.0 Å². The summed E-state index contributed by atoms with van der Waals surface area (Å²) in [5.41, 5.74) is 0.764. The van der Waals surface area contributed by atoms with Crippen molar-refractivity contribution in [2.24, 2.45) is 0 Å². The Morgan fingerprint density at radius 3 is 2.54 bits per heavy atom. The first-order valence-corrected chi connectivity index (χ1v) is 7.65. The van der Waals surface area contributed by atoms with Gasteiger partial charge in [-0.2, -0.15) is 0 Å². The largest absolute Gasteiger partial charge is 0.367 e. The van der Waals surface area contributed by atoms with Gasteiger partial charge in [0.05, 0.1) is 25.2 Å². The predicted molar refractivity (Wildman–Crippen MR) is 84.9 cm³/mol. The summed E-state index contributed by atoms with van der Waals surface area (Å²) in [4.78, 5) is 14.0. The summed E-state index contributed by atoms with van der Waals surface area (Å²) in [5.74, 6) is -3.51. The van der Waals surface area contributed by atoms with Crippen molar-refractivity contribution in [3.63, 3.8) is 0 Å². The van der Waals surface area contributed by atoms with Crippen LogP contribution in [0.4, 0.5) is 13.2 Å². The van der Waals surface area contributed by atoms with Gasteiger partial charge in [-0.1, -0.05) is 12.1 Å². The summed E-state index contributed by atoms with van der Waals surface area (Å²) in [6.07, 6.45) is -1.08. The molecule has 3 atom stereocenters. The van der Waals surface area contributed by atoms with Gasteiger partial charge < -0.3 is 9.64 Å². The Hall–Kier alpha value is -1.31. The fourth-order valence-corrected chi connectivity index (χ4v) is 3.10. The first-order chi connectivity index (χ1) is 10.8. The molecule has 134 valence electrons. The van der Waals surface area contributed by atoms with Crippen LogP contribution in [0.3, 0.4) is 0 Å². The minimum absolute atomic E-state index is 0. The van der Waals surface area contributed by atoms with Gasteiger partial charge in [0.1, 0.15) is 11.9 Å². The predicted octanol–water partition coefficient (Wildman–Crippen LogP) is 2.53. The van der Waals surface area contributed by atoms with Crippen LogP contribution in [-0.2, 0) is 9.53 Å². The summed E-state index contributed by atoms with van der Waals surface area (Å²) < 4.78 is 45.4. The molecule has 1 aromatic rings. The third-order valence-electron chi connectivity index (χ3n) is 4.22. The first-order valence-electron chi connectivity index (χ1n) is 7.65. The lowest BCUT2D eigenvalue weighted by Crippen LogP contribution is -2.51. The molecule has 2 fully saturated rings. The van der Waals surface area contributed by atoms with Crippen molar-refractivity contribution in [3.8, 4) is 0 Å². The normalized spacial score (nSPS) is 29.2. The average Bonchev–Trinajstić information content (AvgIpc) is 2.86. The lowest BCUT2D eigenvalue weighted by Gasteiger charge is -2.38. The minimum atomic E-state index is -2.84. The molecular weight excluding hydrogens is 345 g/mol. The molecule has 2 heterocycles. The van der Waals surface area contributed by atoms with Crippen molar-refractivity contribution in [3.05, 3.63) is 35.6 Å². The number of rotatable bonds is 2. The maximum atomic E-state index is 13.3. The number of nitrogens with zero attached hydrogens (tertiary/aromatic N) is 1. The van der Waals surface area contributed by atoms with Crippen molar-refractivity contribution in [1.82, 2.24) is 10.2 Å². The highest BCUT2D eigenvalue weighted by Crippen LogP contribution is 2.29. The fourth-order valence-electron chi connectivity index (χ4n) is 3.10. The molecule has 8 heteroatoms. The van der Waals surface area contributed by atoms with E-state index in [9.17, 15) is 18.0 Å². The molecule has 1 amide bonds. The molecule has 1 aromatic carbocycles. The molecular formula is C16H20ClF3N2O2. The monoisotopic (exact) mass is 364 g/mol. The van der Waals surface area contributed by atoms with Crippen LogP contribution in [0.5, 0.6) is 0 Å². The number of alkyl halides is 2. The maximum absolute atomic E-state index is 13.3. The summed E-state index contributed by atoms with van der Waals surface area (Å²) >= 11 is 0. The molecule has 0 radical (unpaired) electrons. The van der Waals surface area contributed by atoms with Crippen molar-refractivity contribution < 1.29 is 22.7 Å². The topological polar surface area (TPSA) is 41.6 Å². The van der Waals surface area contributed by atoms with E-state index in [1.807, 2.05) is 6.92 Å². The second-order valence-corrected chi connectivity index (χ2v) is 6.22. The van der Waals surface area contributed by atoms with Gasteiger partial charge in [-0.05, 0) is 24.6 Å². The van der Waals surface area contributed by atoms with Gasteiger partial charge in [0.2, 0.25) is 5.91 Å². The number of hydrogen-bond acceptors (Lipinski definition) is 3. The first kappa shape index (κ1) is 19.0. The van der Waals surface area contributed by atoms with Gasteiger partial charge >= 0.3 is 0 Å². The highest BCUT2D eigenvalue weighted by Gasteiger charge is 2.44. The van der Waals surface area contributed by atoms with Gasteiger partial charge in [0.25, 0.3) is 5.92 Å². The highest BCUT2D eigenvalue weighted by atomic mass is 35.5. The van der Waals surface area contributed by atoms with E-state index in [2.05, 4.69) is 5.32 Å². The van der Waals surface area contributed by atoms with E-state index in [1.165, 1.54) is 12.1 Å². The van der Waals surface area contributed by atoms with E-state index >= 15 is 0 Å². The zero-order valence-electron chi connectivity index (χ0n) is 13.2. The maximum Gasteiger partial charge on any atom is 0.262 e. The number of nitrogens with one attached hydrogen (secondary N) is 1. The Morgan fingerprint density at radius 1 is 1.29 bits per heavy atom. The molecule has 4 nitrogen and oxygen atoms in total. The summed E-state index contributed by atoms with van der Waals surface area (Å²) in [6.45, 7) is 2.00. The van der Waals surface area contributed by atoms with Crippen molar-refractivity contribution in [2.45, 2.75) is 37.5 Å². The fraction of sp³-hybridized carbons (Fsp3) is 0.562. The van der Waals surface area contributed by atoms with Crippen LogP contribution in [0.2, 0.25) is 0 Å². The standard InChI is InChI=1S/C16H19F3N2O2.ClH/c1-10-7-21(15(22)13-6-16(18,19)9-20-13)8-14(23-10)11-2-4-12(17)5-3-11;/h2-5,10,13-14,20H,6-9H2,1H3;1H. The third-order valence-corrected chi connectivity index (χ3v) is 4.22. The molecule has 0 aromatic heterocycles. The Kier molecular flexibility index (Phi) is 5.78. The number of halogens is 4. The summed E-state index contributed by atoms with van der Waals surface area (Å²) in [7, 11) is 0. The number of ether oxygens (including phenoxy) is 1. The number of morpholine rings is 1. The van der Waals surface area contributed by atoms with E-state index < -0.39 is 24.9 Å². The molecule has 0 saturated carbocycles. The van der Waals surface area contributed by atoms with Gasteiger partial charge in [-0.25, -0.2) is 13.2 Å². The van der Waals surface area contributed by atoms with Crippen LogP contribution in [-0.4, -0.2) is 48.5 Å². The average molecular weight is 365 g/mol. The van der Waals surface area contributed by atoms with Gasteiger partial charge in [-0.15, -0.1) is 12.4 Å². The Bertz CT molecular complexity index is 585. The van der Waals surface area contributed by atoms with Crippen LogP contribution in [0.25, 0.3) is 0 Å². The Labute approximate surface area is 144 Å². The van der Waals surface area contributed by atoms with Crippen LogP contribution in [0.15, 0.2) is 24.3 Å². The summed E-state index contributed by atoms with van der Waals surface area (Å²) in [5, 5.41) is 2.59. The van der Waals surface area contributed by atoms with Crippen LogP contribution in [0, 0.1) is 5.82 Å². The van der Waals surface area contributed by atoms with E-state index in [0.717, 1.165) is 5.56 Å². The van der Waals surface area contributed by atoms with Crippen molar-refractivity contribution >= 4 is 18.3 Å². The van der Waals surface area contributed by atoms with Crippen molar-refractivity contribution in [1.29, 1.82) is 0 Å². The Morgan fingerprint density at radius 2 is 1.96 bits per heavy atom. The van der Waals surface area contributed by atoms with Gasteiger partial charge in [-0.3, -0.25) is 10.1 Å². The number of amides is 1. The van der Waals surface area contributed by atoms with E-state index in [1.54, 1.807) is 17.0 Å². The van der Waals surface area contributed by atoms with Crippen molar-refractivity contribution in [2.75, 3.05) is 19.6 Å². The second kappa shape index (κ2) is 7.29. The zero-order chi connectivity index (χ0) is 16.6. The molecule has 3 unspecified atom stereocenters. The van der Waals surface area contributed by atoms with Crippen LogP contribution < -0.4 is 5.32 Å². The lowest BCUT2D eigenvalue weighted by molar-refractivity contribution is -0.147. The smallest absolute Gasteiger partial charge is 0.262 e. The molecule has 2 saturated heterocycles. The molecule has 0 bridgehead atoms. The van der Waals surface area contributed by atoms with E-state index in [4.69, 9.17) is 4.74 Å². The van der Waals surface area contributed by atoms with Gasteiger partial charge in [0, 0.05) is 13.0 Å². The van der Waals surface area contributed by atoms with Crippen LogP contribution >= 0.6 is 12.4 Å². The van der Waals surface area contributed by atoms with E-state index in [-0.39, 0.29) is 42.9 Å². The number of benzene rings is 1. The summed E-state index contributed by atoms with van der Waals surface area (Å²) in [6, 6.07) is 5.04. The minimum Gasteiger partial charge on any atom is -0.367 e. The van der Waals surface area contributed by atoms with Gasteiger partial charge in [0.15, 0.2) is 0 Å². The zero-order valence-corrected chi connectivity index (χ0v) is 14.0. The quantitative estimate of drug-likeness (QED) is 0.877. The highest BCUT2D eigenvalue weighted by molar-refractivity contribution is 5.85. The molecule has 1 N–H and O–H groups in total. The number of carbonyl (C=O) groups is 1. The van der Waals surface area contributed by atoms with E-state index in [0.29, 0.717) is 6.54 Å². The second-order valence-electron chi connectivity index (χ2n) is 6.22.